The lowest BCUT2D eigenvalue weighted by atomic mass is 9.98. The quantitative estimate of drug-likeness (QED) is 0.827. The molecule has 2 rings (SSSR count). The van der Waals surface area contributed by atoms with Gasteiger partial charge in [-0.05, 0) is 50.8 Å². The van der Waals surface area contributed by atoms with Gasteiger partial charge in [-0.15, -0.1) is 0 Å². The maximum Gasteiger partial charge on any atom is 0.0817 e. The topological polar surface area (TPSA) is 23.5 Å². The van der Waals surface area contributed by atoms with Crippen LogP contribution in [-0.2, 0) is 0 Å². The molecule has 0 radical (unpaired) electrons. The van der Waals surface area contributed by atoms with Gasteiger partial charge in [-0.1, -0.05) is 48.7 Å². The Bertz CT molecular complexity index is 452. The Kier molecular flexibility index (Phi) is 6.81. The van der Waals surface area contributed by atoms with E-state index in [0.29, 0.717) is 16.5 Å². The number of nitrogens with zero attached hydrogens (tertiary/aromatic N) is 1. The van der Waals surface area contributed by atoms with Crippen LogP contribution in [0.2, 0.25) is 10.0 Å². The fourth-order valence-corrected chi connectivity index (χ4v) is 3.53. The summed E-state index contributed by atoms with van der Waals surface area (Å²) in [6.07, 6.45) is 5.35. The third-order valence-electron chi connectivity index (χ3n) is 4.58. The van der Waals surface area contributed by atoms with Crippen molar-refractivity contribution in [1.82, 2.24) is 4.90 Å². The van der Waals surface area contributed by atoms with Gasteiger partial charge >= 0.3 is 0 Å². The van der Waals surface area contributed by atoms with Gasteiger partial charge in [0.05, 0.1) is 16.1 Å². The molecule has 0 saturated carbocycles. The van der Waals surface area contributed by atoms with Crippen LogP contribution in [0.3, 0.4) is 0 Å². The highest BCUT2D eigenvalue weighted by Crippen LogP contribution is 2.31. The van der Waals surface area contributed by atoms with E-state index in [2.05, 4.69) is 11.8 Å². The van der Waals surface area contributed by atoms with Gasteiger partial charge in [0.15, 0.2) is 0 Å². The summed E-state index contributed by atoms with van der Waals surface area (Å²) in [5, 5.41) is 11.3. The van der Waals surface area contributed by atoms with E-state index in [1.54, 1.807) is 6.07 Å². The Labute approximate surface area is 138 Å². The summed E-state index contributed by atoms with van der Waals surface area (Å²) in [6, 6.07) is 5.44. The number of halogens is 2. The molecule has 0 bridgehead atoms. The van der Waals surface area contributed by atoms with Gasteiger partial charge < -0.3 is 10.0 Å². The van der Waals surface area contributed by atoms with Crippen LogP contribution in [0.15, 0.2) is 18.2 Å². The maximum atomic E-state index is 10.4. The number of benzene rings is 1. The standard InChI is InChI=1S/C17H25Cl2NO/c1-2-13-5-4-10-20(11-8-13)12-9-16(21)14-6-3-7-15(18)17(14)19/h3,6-7,13,16,21H,2,4-5,8-12H2,1H3. The Morgan fingerprint density at radius 2 is 2.10 bits per heavy atom. The molecule has 2 nitrogen and oxygen atoms in total. The summed E-state index contributed by atoms with van der Waals surface area (Å²) >= 11 is 12.2. The minimum atomic E-state index is -0.540. The first-order valence-corrected chi connectivity index (χ1v) is 8.71. The van der Waals surface area contributed by atoms with Crippen molar-refractivity contribution in [3.8, 4) is 0 Å². The number of aliphatic hydroxyl groups excluding tert-OH is 1. The molecule has 21 heavy (non-hydrogen) atoms. The summed E-state index contributed by atoms with van der Waals surface area (Å²) in [7, 11) is 0. The first-order chi connectivity index (χ1) is 10.1. The molecular formula is C17H25Cl2NO. The lowest BCUT2D eigenvalue weighted by Crippen LogP contribution is -2.27. The van der Waals surface area contributed by atoms with E-state index in [4.69, 9.17) is 23.2 Å². The monoisotopic (exact) mass is 329 g/mol. The van der Waals surface area contributed by atoms with E-state index >= 15 is 0 Å². The summed E-state index contributed by atoms with van der Waals surface area (Å²) in [6.45, 7) is 5.49. The van der Waals surface area contributed by atoms with Crippen molar-refractivity contribution in [2.75, 3.05) is 19.6 Å². The van der Waals surface area contributed by atoms with Crippen LogP contribution in [0.4, 0.5) is 0 Å². The second-order valence-corrected chi connectivity index (χ2v) is 6.78. The van der Waals surface area contributed by atoms with E-state index in [0.717, 1.165) is 31.1 Å². The molecular weight excluding hydrogens is 305 g/mol. The van der Waals surface area contributed by atoms with Crippen molar-refractivity contribution < 1.29 is 5.11 Å². The maximum absolute atomic E-state index is 10.4. The molecule has 0 spiro atoms. The third-order valence-corrected chi connectivity index (χ3v) is 5.41. The molecule has 2 atom stereocenters. The largest absolute Gasteiger partial charge is 0.388 e. The molecule has 0 aromatic heterocycles. The predicted molar refractivity (Wildman–Crippen MR) is 90.1 cm³/mol. The van der Waals surface area contributed by atoms with E-state index in [1.807, 2.05) is 12.1 Å². The van der Waals surface area contributed by atoms with Gasteiger partial charge in [-0.2, -0.15) is 0 Å². The van der Waals surface area contributed by atoms with E-state index in [1.165, 1.54) is 25.7 Å². The summed E-state index contributed by atoms with van der Waals surface area (Å²) < 4.78 is 0. The van der Waals surface area contributed by atoms with Gasteiger partial charge in [-0.3, -0.25) is 0 Å². The molecule has 1 aliphatic rings. The number of rotatable bonds is 5. The number of hydrogen-bond acceptors (Lipinski definition) is 2. The SMILES string of the molecule is CCC1CCCN(CCC(O)c2cccc(Cl)c2Cl)CC1. The van der Waals surface area contributed by atoms with Gasteiger partial charge in [0, 0.05) is 12.1 Å². The highest BCUT2D eigenvalue weighted by atomic mass is 35.5. The van der Waals surface area contributed by atoms with Crippen molar-refractivity contribution in [1.29, 1.82) is 0 Å². The minimum absolute atomic E-state index is 0.480. The zero-order chi connectivity index (χ0) is 15.2. The highest BCUT2D eigenvalue weighted by molar-refractivity contribution is 6.42. The summed E-state index contributed by atoms with van der Waals surface area (Å²) in [4.78, 5) is 2.47. The van der Waals surface area contributed by atoms with Crippen LogP contribution < -0.4 is 0 Å². The Balaban J connectivity index is 1.86. The molecule has 4 heteroatoms. The zero-order valence-corrected chi connectivity index (χ0v) is 14.2. The molecule has 1 saturated heterocycles. The number of aliphatic hydroxyl groups is 1. The lowest BCUT2D eigenvalue weighted by molar-refractivity contribution is 0.142. The first kappa shape index (κ1) is 17.1. The Hall–Kier alpha value is -0.280. The van der Waals surface area contributed by atoms with Crippen LogP contribution in [0, 0.1) is 5.92 Å². The summed E-state index contributed by atoms with van der Waals surface area (Å²) in [5.74, 6) is 0.877. The van der Waals surface area contributed by atoms with Crippen LogP contribution in [-0.4, -0.2) is 29.6 Å². The molecule has 2 unspecified atom stereocenters. The number of hydrogen-bond donors (Lipinski definition) is 1. The number of likely N-dealkylation sites (tertiary alicyclic amines) is 1. The van der Waals surface area contributed by atoms with Gasteiger partial charge in [-0.25, -0.2) is 0 Å². The average molecular weight is 330 g/mol. The zero-order valence-electron chi connectivity index (χ0n) is 12.7. The second-order valence-electron chi connectivity index (χ2n) is 5.99. The normalized spacial score (nSPS) is 22.0. The van der Waals surface area contributed by atoms with Crippen molar-refractivity contribution in [2.45, 2.75) is 45.1 Å². The first-order valence-electron chi connectivity index (χ1n) is 7.96. The molecule has 1 N–H and O–H groups in total. The molecule has 1 aromatic carbocycles. The van der Waals surface area contributed by atoms with Crippen molar-refractivity contribution in [3.63, 3.8) is 0 Å². The van der Waals surface area contributed by atoms with Crippen LogP contribution >= 0.6 is 23.2 Å². The molecule has 0 amide bonds. The molecule has 0 aliphatic carbocycles. The van der Waals surface area contributed by atoms with Crippen molar-refractivity contribution in [2.24, 2.45) is 5.92 Å². The van der Waals surface area contributed by atoms with E-state index in [9.17, 15) is 5.11 Å². The van der Waals surface area contributed by atoms with Crippen LogP contribution in [0.25, 0.3) is 0 Å². The van der Waals surface area contributed by atoms with E-state index in [-0.39, 0.29) is 0 Å². The van der Waals surface area contributed by atoms with Crippen LogP contribution in [0.5, 0.6) is 0 Å². The van der Waals surface area contributed by atoms with Crippen LogP contribution in [0.1, 0.15) is 50.7 Å². The molecule has 1 aliphatic heterocycles. The van der Waals surface area contributed by atoms with Gasteiger partial charge in [0.2, 0.25) is 0 Å². The predicted octanol–water partition coefficient (Wildman–Crippen LogP) is 4.93. The van der Waals surface area contributed by atoms with Gasteiger partial charge in [0.25, 0.3) is 0 Å². The smallest absolute Gasteiger partial charge is 0.0817 e. The molecule has 1 fully saturated rings. The fourth-order valence-electron chi connectivity index (χ4n) is 3.09. The molecule has 118 valence electrons. The highest BCUT2D eigenvalue weighted by Gasteiger charge is 2.18. The van der Waals surface area contributed by atoms with Gasteiger partial charge in [0.1, 0.15) is 0 Å². The summed E-state index contributed by atoms with van der Waals surface area (Å²) in [5.41, 5.74) is 0.741. The van der Waals surface area contributed by atoms with Crippen molar-refractivity contribution in [3.05, 3.63) is 33.8 Å². The Morgan fingerprint density at radius 1 is 1.29 bits per heavy atom. The van der Waals surface area contributed by atoms with Crippen molar-refractivity contribution >= 4 is 23.2 Å². The fraction of sp³-hybridized carbons (Fsp3) is 0.647. The average Bonchev–Trinajstić information content (AvgIpc) is 2.72. The minimum Gasteiger partial charge on any atom is -0.388 e. The van der Waals surface area contributed by atoms with E-state index < -0.39 is 6.10 Å². The molecule has 1 aromatic rings. The Morgan fingerprint density at radius 3 is 2.86 bits per heavy atom. The third kappa shape index (κ3) is 4.85. The second kappa shape index (κ2) is 8.38. The molecule has 1 heterocycles. The lowest BCUT2D eigenvalue weighted by Gasteiger charge is -2.22.